The molecular formula is C14H18BrNO2. The van der Waals surface area contributed by atoms with Crippen LogP contribution >= 0.6 is 15.9 Å². The van der Waals surface area contributed by atoms with Gasteiger partial charge in [0.1, 0.15) is 5.75 Å². The lowest BCUT2D eigenvalue weighted by atomic mass is 10.0. The minimum Gasteiger partial charge on any atom is -0.497 e. The van der Waals surface area contributed by atoms with Crippen molar-refractivity contribution in [3.8, 4) is 5.75 Å². The van der Waals surface area contributed by atoms with Gasteiger partial charge in [-0.05, 0) is 36.5 Å². The van der Waals surface area contributed by atoms with Crippen LogP contribution in [0.1, 0.15) is 30.9 Å². The minimum atomic E-state index is 0.111. The maximum atomic E-state index is 11.7. The summed E-state index contributed by atoms with van der Waals surface area (Å²) in [5.74, 6) is 1.55. The number of methoxy groups -OCH3 is 1. The second kappa shape index (κ2) is 6.23. The lowest BCUT2D eigenvalue weighted by Gasteiger charge is -2.19. The SMILES string of the molecule is COc1ccc(C(NC(=O)CCBr)C2CC2)cc1. The molecule has 1 aliphatic rings. The number of benzene rings is 1. The predicted octanol–water partition coefficient (Wildman–Crippen LogP) is 3.05. The summed E-state index contributed by atoms with van der Waals surface area (Å²) in [6.45, 7) is 0. The predicted molar refractivity (Wildman–Crippen MR) is 75.0 cm³/mol. The molecule has 1 unspecified atom stereocenters. The molecule has 1 aromatic rings. The molecule has 0 aliphatic heterocycles. The van der Waals surface area contributed by atoms with Gasteiger partial charge in [-0.15, -0.1) is 0 Å². The molecule has 0 radical (unpaired) electrons. The summed E-state index contributed by atoms with van der Waals surface area (Å²) in [6.07, 6.45) is 2.93. The fourth-order valence-corrected chi connectivity index (χ4v) is 2.41. The van der Waals surface area contributed by atoms with Crippen LogP contribution in [0.4, 0.5) is 0 Å². The summed E-state index contributed by atoms with van der Waals surface area (Å²) < 4.78 is 5.15. The smallest absolute Gasteiger partial charge is 0.221 e. The zero-order valence-corrected chi connectivity index (χ0v) is 12.1. The summed E-state index contributed by atoms with van der Waals surface area (Å²) >= 11 is 3.29. The van der Waals surface area contributed by atoms with Crippen LogP contribution in [0.5, 0.6) is 5.75 Å². The number of amides is 1. The molecule has 0 aromatic heterocycles. The van der Waals surface area contributed by atoms with Gasteiger partial charge in [0, 0.05) is 11.8 Å². The van der Waals surface area contributed by atoms with E-state index in [1.54, 1.807) is 7.11 Å². The molecule has 1 aliphatic carbocycles. The van der Waals surface area contributed by atoms with Gasteiger partial charge in [-0.25, -0.2) is 0 Å². The number of carbonyl (C=O) groups excluding carboxylic acids is 1. The molecule has 1 amide bonds. The van der Waals surface area contributed by atoms with Gasteiger partial charge >= 0.3 is 0 Å². The van der Waals surface area contributed by atoms with Crippen molar-refractivity contribution in [3.63, 3.8) is 0 Å². The molecule has 2 rings (SSSR count). The third kappa shape index (κ3) is 3.48. The van der Waals surface area contributed by atoms with E-state index in [9.17, 15) is 4.79 Å². The minimum absolute atomic E-state index is 0.111. The maximum absolute atomic E-state index is 11.7. The molecule has 1 aromatic carbocycles. The number of hydrogen-bond donors (Lipinski definition) is 1. The Hall–Kier alpha value is -1.03. The first-order valence-electron chi connectivity index (χ1n) is 6.24. The van der Waals surface area contributed by atoms with E-state index in [4.69, 9.17) is 4.74 Å². The van der Waals surface area contributed by atoms with Crippen molar-refractivity contribution in [2.75, 3.05) is 12.4 Å². The fourth-order valence-electron chi connectivity index (χ4n) is 2.05. The van der Waals surface area contributed by atoms with Crippen LogP contribution in [0, 0.1) is 5.92 Å². The number of nitrogens with one attached hydrogen (secondary N) is 1. The fraction of sp³-hybridized carbons (Fsp3) is 0.500. The van der Waals surface area contributed by atoms with E-state index in [1.807, 2.05) is 24.3 Å². The molecule has 18 heavy (non-hydrogen) atoms. The molecule has 0 bridgehead atoms. The molecular weight excluding hydrogens is 294 g/mol. The van der Waals surface area contributed by atoms with Gasteiger partial charge in [0.25, 0.3) is 0 Å². The van der Waals surface area contributed by atoms with Crippen LogP contribution in [0.3, 0.4) is 0 Å². The van der Waals surface area contributed by atoms with Gasteiger partial charge in [0.2, 0.25) is 5.91 Å². The highest BCUT2D eigenvalue weighted by molar-refractivity contribution is 9.09. The Balaban J connectivity index is 2.06. The average Bonchev–Trinajstić information content (AvgIpc) is 3.21. The van der Waals surface area contributed by atoms with Crippen molar-refractivity contribution < 1.29 is 9.53 Å². The molecule has 0 spiro atoms. The normalized spacial score (nSPS) is 16.1. The highest BCUT2D eigenvalue weighted by Crippen LogP contribution is 2.41. The zero-order chi connectivity index (χ0) is 13.0. The molecule has 98 valence electrons. The highest BCUT2D eigenvalue weighted by Gasteiger charge is 2.33. The van der Waals surface area contributed by atoms with Crippen molar-refractivity contribution >= 4 is 21.8 Å². The van der Waals surface area contributed by atoms with Gasteiger partial charge in [-0.3, -0.25) is 4.79 Å². The van der Waals surface area contributed by atoms with Crippen LogP contribution < -0.4 is 10.1 Å². The number of carbonyl (C=O) groups is 1. The Kier molecular flexibility index (Phi) is 4.64. The van der Waals surface area contributed by atoms with Crippen molar-refractivity contribution in [2.24, 2.45) is 5.92 Å². The summed E-state index contributed by atoms with van der Waals surface area (Å²) in [7, 11) is 1.66. The second-order valence-corrected chi connectivity index (χ2v) is 5.39. The molecule has 1 atom stereocenters. The summed E-state index contributed by atoms with van der Waals surface area (Å²) in [5, 5.41) is 3.83. The highest BCUT2D eigenvalue weighted by atomic mass is 79.9. The third-order valence-electron chi connectivity index (χ3n) is 3.21. The van der Waals surface area contributed by atoms with Crippen molar-refractivity contribution in [2.45, 2.75) is 25.3 Å². The number of hydrogen-bond acceptors (Lipinski definition) is 2. The quantitative estimate of drug-likeness (QED) is 0.820. The van der Waals surface area contributed by atoms with Gasteiger partial charge < -0.3 is 10.1 Å². The van der Waals surface area contributed by atoms with Gasteiger partial charge in [-0.1, -0.05) is 28.1 Å². The zero-order valence-electron chi connectivity index (χ0n) is 10.5. The van der Waals surface area contributed by atoms with Crippen LogP contribution in [0.25, 0.3) is 0 Å². The topological polar surface area (TPSA) is 38.3 Å². The Morgan fingerprint density at radius 2 is 2.11 bits per heavy atom. The van der Waals surface area contributed by atoms with E-state index in [1.165, 1.54) is 18.4 Å². The molecule has 1 fully saturated rings. The molecule has 1 N–H and O–H groups in total. The Labute approximate surface area is 116 Å². The number of ether oxygens (including phenoxy) is 1. The largest absolute Gasteiger partial charge is 0.497 e. The van der Waals surface area contributed by atoms with E-state index in [0.29, 0.717) is 17.7 Å². The van der Waals surface area contributed by atoms with Crippen LogP contribution in [-0.2, 0) is 4.79 Å². The first-order valence-corrected chi connectivity index (χ1v) is 7.36. The van der Waals surface area contributed by atoms with Gasteiger partial charge in [0.15, 0.2) is 0 Å². The van der Waals surface area contributed by atoms with E-state index >= 15 is 0 Å². The molecule has 4 heteroatoms. The number of rotatable bonds is 6. The molecule has 0 saturated heterocycles. The Bertz CT molecular complexity index is 401. The first-order chi connectivity index (χ1) is 8.74. The van der Waals surface area contributed by atoms with Crippen molar-refractivity contribution in [1.29, 1.82) is 0 Å². The average molecular weight is 312 g/mol. The van der Waals surface area contributed by atoms with Crippen molar-refractivity contribution in [1.82, 2.24) is 5.32 Å². The van der Waals surface area contributed by atoms with E-state index in [0.717, 1.165) is 5.75 Å². The van der Waals surface area contributed by atoms with Crippen molar-refractivity contribution in [3.05, 3.63) is 29.8 Å². The van der Waals surface area contributed by atoms with E-state index < -0.39 is 0 Å². The molecule has 1 saturated carbocycles. The van der Waals surface area contributed by atoms with Crippen LogP contribution in [-0.4, -0.2) is 18.3 Å². The van der Waals surface area contributed by atoms with Gasteiger partial charge in [0.05, 0.1) is 13.2 Å². The lowest BCUT2D eigenvalue weighted by Crippen LogP contribution is -2.29. The molecule has 3 nitrogen and oxygen atoms in total. The van der Waals surface area contributed by atoms with E-state index in [-0.39, 0.29) is 11.9 Å². The monoisotopic (exact) mass is 311 g/mol. The Morgan fingerprint density at radius 3 is 2.61 bits per heavy atom. The number of halogens is 1. The summed E-state index contributed by atoms with van der Waals surface area (Å²) in [6, 6.07) is 8.12. The number of alkyl halides is 1. The summed E-state index contributed by atoms with van der Waals surface area (Å²) in [4.78, 5) is 11.7. The maximum Gasteiger partial charge on any atom is 0.221 e. The first kappa shape index (κ1) is 13.4. The lowest BCUT2D eigenvalue weighted by molar-refractivity contribution is -0.121. The third-order valence-corrected chi connectivity index (χ3v) is 3.60. The standard InChI is InChI=1S/C14H18BrNO2/c1-18-12-6-4-11(5-7-12)14(10-2-3-10)16-13(17)8-9-15/h4-7,10,14H,2-3,8-9H2,1H3,(H,16,17). The Morgan fingerprint density at radius 1 is 1.44 bits per heavy atom. The second-order valence-electron chi connectivity index (χ2n) is 4.59. The van der Waals surface area contributed by atoms with Gasteiger partial charge in [-0.2, -0.15) is 0 Å². The van der Waals surface area contributed by atoms with Crippen LogP contribution in [0.2, 0.25) is 0 Å². The van der Waals surface area contributed by atoms with Crippen LogP contribution in [0.15, 0.2) is 24.3 Å². The molecule has 0 heterocycles. The summed E-state index contributed by atoms with van der Waals surface area (Å²) in [5.41, 5.74) is 1.17. The van der Waals surface area contributed by atoms with E-state index in [2.05, 4.69) is 21.2 Å².